The maximum Gasteiger partial charge on any atom is 0.193 e. The van der Waals surface area contributed by atoms with Crippen molar-refractivity contribution in [3.63, 3.8) is 0 Å². The average Bonchev–Trinajstić information content (AvgIpc) is 2.72. The lowest BCUT2D eigenvalue weighted by Gasteiger charge is -2.08. The quantitative estimate of drug-likeness (QED) is 0.283. The fourth-order valence-corrected chi connectivity index (χ4v) is 3.40. The zero-order valence-electron chi connectivity index (χ0n) is 16.6. The van der Waals surface area contributed by atoms with Gasteiger partial charge in [-0.05, 0) is 6.42 Å². The molecule has 0 unspecified atom stereocenters. The van der Waals surface area contributed by atoms with Gasteiger partial charge in [-0.3, -0.25) is 9.59 Å². The predicted octanol–water partition coefficient (Wildman–Crippen LogP) is 7.02. The topological polar surface area (TPSA) is 34.1 Å². The number of carbonyl (C=O) groups excluding carboxylic acids is 2. The molecule has 0 heterocycles. The SMILES string of the molecule is CCCCCCCCCCCC(=O)c1ccccc1C(=O)c1ccccc1. The van der Waals surface area contributed by atoms with E-state index in [-0.39, 0.29) is 11.6 Å². The van der Waals surface area contributed by atoms with Crippen molar-refractivity contribution in [1.29, 1.82) is 0 Å². The summed E-state index contributed by atoms with van der Waals surface area (Å²) in [4.78, 5) is 25.4. The van der Waals surface area contributed by atoms with Crippen LogP contribution < -0.4 is 0 Å². The van der Waals surface area contributed by atoms with Crippen molar-refractivity contribution in [3.8, 4) is 0 Å². The molecule has 27 heavy (non-hydrogen) atoms. The van der Waals surface area contributed by atoms with E-state index in [1.165, 1.54) is 44.9 Å². The molecule has 2 heteroatoms. The molecule has 0 aliphatic rings. The van der Waals surface area contributed by atoms with E-state index in [1.807, 2.05) is 30.3 Å². The summed E-state index contributed by atoms with van der Waals surface area (Å²) in [6.45, 7) is 2.24. The number of unbranched alkanes of at least 4 members (excludes halogenated alkanes) is 8. The summed E-state index contributed by atoms with van der Waals surface area (Å²) in [6.07, 6.45) is 11.6. The number of ketones is 2. The van der Waals surface area contributed by atoms with Crippen molar-refractivity contribution in [3.05, 3.63) is 71.3 Å². The van der Waals surface area contributed by atoms with Crippen LogP contribution in [-0.2, 0) is 0 Å². The Bertz CT molecular complexity index is 703. The van der Waals surface area contributed by atoms with Gasteiger partial charge in [-0.25, -0.2) is 0 Å². The van der Waals surface area contributed by atoms with Gasteiger partial charge in [0.15, 0.2) is 11.6 Å². The van der Waals surface area contributed by atoms with Crippen molar-refractivity contribution >= 4 is 11.6 Å². The molecule has 0 radical (unpaired) electrons. The Kier molecular flexibility index (Phi) is 9.54. The lowest BCUT2D eigenvalue weighted by molar-refractivity contribution is 0.0964. The highest BCUT2D eigenvalue weighted by atomic mass is 16.1. The lowest BCUT2D eigenvalue weighted by Crippen LogP contribution is -2.10. The van der Waals surface area contributed by atoms with Gasteiger partial charge in [0.25, 0.3) is 0 Å². The molecule has 0 saturated heterocycles. The second kappa shape index (κ2) is 12.2. The zero-order valence-corrected chi connectivity index (χ0v) is 16.6. The van der Waals surface area contributed by atoms with Crippen molar-refractivity contribution in [2.45, 2.75) is 71.1 Å². The van der Waals surface area contributed by atoms with Crippen LogP contribution in [0.4, 0.5) is 0 Å². The Hall–Kier alpha value is -2.22. The molecule has 144 valence electrons. The van der Waals surface area contributed by atoms with Gasteiger partial charge in [0.1, 0.15) is 0 Å². The molecule has 0 fully saturated rings. The van der Waals surface area contributed by atoms with Crippen molar-refractivity contribution in [1.82, 2.24) is 0 Å². The smallest absolute Gasteiger partial charge is 0.193 e. The maximum absolute atomic E-state index is 12.7. The molecule has 0 aliphatic carbocycles. The summed E-state index contributed by atoms with van der Waals surface area (Å²) in [5.41, 5.74) is 1.70. The Balaban J connectivity index is 1.81. The Morgan fingerprint density at radius 2 is 1.15 bits per heavy atom. The van der Waals surface area contributed by atoms with Gasteiger partial charge in [-0.2, -0.15) is 0 Å². The highest BCUT2D eigenvalue weighted by Gasteiger charge is 2.17. The summed E-state index contributed by atoms with van der Waals surface area (Å²) >= 11 is 0. The first-order valence-electron chi connectivity index (χ1n) is 10.5. The second-order valence-electron chi connectivity index (χ2n) is 7.24. The van der Waals surface area contributed by atoms with E-state index in [2.05, 4.69) is 6.92 Å². The average molecular weight is 365 g/mol. The third kappa shape index (κ3) is 7.13. The van der Waals surface area contributed by atoms with E-state index in [0.717, 1.165) is 12.8 Å². The van der Waals surface area contributed by atoms with Crippen LogP contribution in [0.1, 0.15) is 97.4 Å². The standard InChI is InChI=1S/C25H32O2/c1-2-3-4-5-6-7-8-9-13-20-24(26)22-18-14-15-19-23(22)25(27)21-16-11-10-12-17-21/h10-12,14-19H,2-9,13,20H2,1H3. The molecule has 2 aromatic rings. The van der Waals surface area contributed by atoms with Crippen LogP contribution in [-0.4, -0.2) is 11.6 Å². The first-order valence-corrected chi connectivity index (χ1v) is 10.5. The van der Waals surface area contributed by atoms with Crippen LogP contribution in [0.15, 0.2) is 54.6 Å². The summed E-state index contributed by atoms with van der Waals surface area (Å²) < 4.78 is 0. The summed E-state index contributed by atoms with van der Waals surface area (Å²) in [7, 11) is 0. The van der Waals surface area contributed by atoms with Gasteiger partial charge in [-0.1, -0.05) is 113 Å². The van der Waals surface area contributed by atoms with E-state index in [0.29, 0.717) is 23.1 Å². The minimum Gasteiger partial charge on any atom is -0.294 e. The third-order valence-electron chi connectivity index (χ3n) is 5.02. The van der Waals surface area contributed by atoms with Gasteiger partial charge in [0.05, 0.1) is 0 Å². The molecule has 2 nitrogen and oxygen atoms in total. The molecule has 0 bridgehead atoms. The fraction of sp³-hybridized carbons (Fsp3) is 0.440. The Morgan fingerprint density at radius 3 is 1.78 bits per heavy atom. The summed E-state index contributed by atoms with van der Waals surface area (Å²) in [5.74, 6) is 0.00413. The molecule has 2 aromatic carbocycles. The van der Waals surface area contributed by atoms with E-state index in [1.54, 1.807) is 24.3 Å². The van der Waals surface area contributed by atoms with Crippen molar-refractivity contribution in [2.75, 3.05) is 0 Å². The number of hydrogen-bond acceptors (Lipinski definition) is 2. The van der Waals surface area contributed by atoms with Gasteiger partial charge < -0.3 is 0 Å². The Morgan fingerprint density at radius 1 is 0.630 bits per heavy atom. The van der Waals surface area contributed by atoms with Crippen LogP contribution in [0.3, 0.4) is 0 Å². The fourth-order valence-electron chi connectivity index (χ4n) is 3.40. The zero-order chi connectivity index (χ0) is 19.3. The normalized spacial score (nSPS) is 10.7. The highest BCUT2D eigenvalue weighted by molar-refractivity contribution is 6.15. The van der Waals surface area contributed by atoms with Crippen LogP contribution in [0.25, 0.3) is 0 Å². The summed E-state index contributed by atoms with van der Waals surface area (Å²) in [6, 6.07) is 16.4. The molecule has 0 amide bonds. The molecule has 0 spiro atoms. The van der Waals surface area contributed by atoms with Gasteiger partial charge in [0.2, 0.25) is 0 Å². The number of hydrogen-bond donors (Lipinski definition) is 0. The van der Waals surface area contributed by atoms with Gasteiger partial charge in [-0.15, -0.1) is 0 Å². The van der Waals surface area contributed by atoms with E-state index >= 15 is 0 Å². The van der Waals surface area contributed by atoms with Crippen molar-refractivity contribution in [2.24, 2.45) is 0 Å². The first-order chi connectivity index (χ1) is 13.2. The maximum atomic E-state index is 12.7. The first kappa shape index (κ1) is 21.1. The number of Topliss-reactive ketones (excluding diaryl/α,β-unsaturated/α-hetero) is 1. The van der Waals surface area contributed by atoms with Crippen LogP contribution >= 0.6 is 0 Å². The van der Waals surface area contributed by atoms with Gasteiger partial charge >= 0.3 is 0 Å². The van der Waals surface area contributed by atoms with E-state index in [4.69, 9.17) is 0 Å². The van der Waals surface area contributed by atoms with Crippen LogP contribution in [0.5, 0.6) is 0 Å². The van der Waals surface area contributed by atoms with Crippen LogP contribution in [0.2, 0.25) is 0 Å². The monoisotopic (exact) mass is 364 g/mol. The second-order valence-corrected chi connectivity index (χ2v) is 7.24. The third-order valence-corrected chi connectivity index (χ3v) is 5.02. The van der Waals surface area contributed by atoms with E-state index in [9.17, 15) is 9.59 Å². The molecular weight excluding hydrogens is 332 g/mol. The molecule has 0 saturated carbocycles. The number of benzene rings is 2. The highest BCUT2D eigenvalue weighted by Crippen LogP contribution is 2.18. The molecular formula is C25H32O2. The molecule has 0 aliphatic heterocycles. The minimum atomic E-state index is -0.0772. The van der Waals surface area contributed by atoms with Crippen LogP contribution in [0, 0.1) is 0 Å². The minimum absolute atomic E-state index is 0.0772. The molecule has 0 aromatic heterocycles. The van der Waals surface area contributed by atoms with Crippen molar-refractivity contribution < 1.29 is 9.59 Å². The lowest BCUT2D eigenvalue weighted by atomic mass is 9.94. The number of rotatable bonds is 13. The largest absolute Gasteiger partial charge is 0.294 e. The molecule has 0 atom stereocenters. The van der Waals surface area contributed by atoms with Gasteiger partial charge in [0, 0.05) is 23.1 Å². The summed E-state index contributed by atoms with van der Waals surface area (Å²) in [5, 5.41) is 0. The predicted molar refractivity (Wildman–Crippen MR) is 112 cm³/mol. The molecule has 2 rings (SSSR count). The Labute approximate surface area is 164 Å². The molecule has 0 N–H and O–H groups in total. The van der Waals surface area contributed by atoms with E-state index < -0.39 is 0 Å². The number of carbonyl (C=O) groups is 2.